The molecular weight excluding hydrogens is 206 g/mol. The minimum atomic E-state index is -0.279. The molecule has 0 N–H and O–H groups in total. The highest BCUT2D eigenvalue weighted by atomic mass is 16.2. The molecule has 4 nitrogen and oxygen atoms in total. The maximum atomic E-state index is 11.3. The quantitative estimate of drug-likeness (QED) is 0.726. The van der Waals surface area contributed by atoms with Gasteiger partial charge < -0.3 is 0 Å². The smallest absolute Gasteiger partial charge is 0.229 e. The van der Waals surface area contributed by atoms with E-state index < -0.39 is 0 Å². The highest BCUT2D eigenvalue weighted by Crippen LogP contribution is 1.99. The van der Waals surface area contributed by atoms with E-state index in [2.05, 4.69) is 0 Å². The zero-order valence-electron chi connectivity index (χ0n) is 11.0. The number of amides is 2. The van der Waals surface area contributed by atoms with E-state index in [9.17, 15) is 14.4 Å². The molecule has 0 fully saturated rings. The summed E-state index contributed by atoms with van der Waals surface area (Å²) in [6, 6.07) is 0. The van der Waals surface area contributed by atoms with Crippen LogP contribution in [0.4, 0.5) is 0 Å². The van der Waals surface area contributed by atoms with E-state index in [0.29, 0.717) is 6.42 Å². The van der Waals surface area contributed by atoms with E-state index in [0.717, 1.165) is 4.90 Å². The molecule has 0 aliphatic heterocycles. The molecule has 16 heavy (non-hydrogen) atoms. The number of ketones is 1. The van der Waals surface area contributed by atoms with Crippen molar-refractivity contribution in [2.45, 2.75) is 53.9 Å². The maximum absolute atomic E-state index is 11.3. The SMILES string of the molecule is CC.CCC(=O)CN(C(=O)CC)C(=O)CC. The first-order valence-electron chi connectivity index (χ1n) is 5.91. The summed E-state index contributed by atoms with van der Waals surface area (Å²) in [7, 11) is 0. The van der Waals surface area contributed by atoms with Gasteiger partial charge in [-0.05, 0) is 0 Å². The minimum absolute atomic E-state index is 0.0736. The third kappa shape index (κ3) is 6.32. The lowest BCUT2D eigenvalue weighted by Crippen LogP contribution is -2.39. The highest BCUT2D eigenvalue weighted by molar-refractivity contribution is 5.99. The molecule has 0 spiro atoms. The Hall–Kier alpha value is -1.19. The summed E-state index contributed by atoms with van der Waals surface area (Å²) < 4.78 is 0. The van der Waals surface area contributed by atoms with E-state index in [4.69, 9.17) is 0 Å². The summed E-state index contributed by atoms with van der Waals surface area (Å²) in [5.41, 5.74) is 0. The van der Waals surface area contributed by atoms with Crippen molar-refractivity contribution in [3.63, 3.8) is 0 Å². The summed E-state index contributed by atoms with van der Waals surface area (Å²) in [5, 5.41) is 0. The molecule has 0 aromatic heterocycles. The summed E-state index contributed by atoms with van der Waals surface area (Å²) in [6.07, 6.45) is 0.857. The van der Waals surface area contributed by atoms with Crippen LogP contribution in [0.25, 0.3) is 0 Å². The van der Waals surface area contributed by atoms with Crippen LogP contribution in [-0.2, 0) is 14.4 Å². The largest absolute Gasteiger partial charge is 0.298 e. The molecule has 4 heteroatoms. The Kier molecular flexibility index (Phi) is 11.1. The van der Waals surface area contributed by atoms with Crippen molar-refractivity contribution >= 4 is 17.6 Å². The Balaban J connectivity index is 0. The molecule has 94 valence electrons. The van der Waals surface area contributed by atoms with E-state index in [1.54, 1.807) is 20.8 Å². The van der Waals surface area contributed by atoms with Gasteiger partial charge in [0.05, 0.1) is 6.54 Å². The minimum Gasteiger partial charge on any atom is -0.298 e. The van der Waals surface area contributed by atoms with Gasteiger partial charge in [0.2, 0.25) is 11.8 Å². The molecule has 0 aliphatic carbocycles. The van der Waals surface area contributed by atoms with Crippen molar-refractivity contribution in [3.8, 4) is 0 Å². The molecule has 2 amide bonds. The fourth-order valence-electron chi connectivity index (χ4n) is 0.985. The number of Topliss-reactive ketones (excluding diaryl/α,β-unsaturated/α-hetero) is 1. The lowest BCUT2D eigenvalue weighted by molar-refractivity contribution is -0.147. The van der Waals surface area contributed by atoms with Crippen molar-refractivity contribution < 1.29 is 14.4 Å². The summed E-state index contributed by atoms with van der Waals surface area (Å²) in [6.45, 7) is 8.99. The standard InChI is InChI=1S/C10H17NO3.C2H6/c1-4-8(12)7-11(9(13)5-2)10(14)6-3;1-2/h4-7H2,1-3H3;1-2H3. The number of hydrogen-bond acceptors (Lipinski definition) is 3. The van der Waals surface area contributed by atoms with E-state index >= 15 is 0 Å². The average molecular weight is 229 g/mol. The van der Waals surface area contributed by atoms with Crippen LogP contribution in [0.2, 0.25) is 0 Å². The molecule has 0 unspecified atom stereocenters. The van der Waals surface area contributed by atoms with Gasteiger partial charge in [0.15, 0.2) is 5.78 Å². The van der Waals surface area contributed by atoms with E-state index in [1.807, 2.05) is 13.8 Å². The molecule has 0 aromatic carbocycles. The molecule has 0 saturated carbocycles. The van der Waals surface area contributed by atoms with Crippen LogP contribution in [0.1, 0.15) is 53.9 Å². The molecule has 0 rings (SSSR count). The molecule has 0 aliphatic rings. The van der Waals surface area contributed by atoms with Crippen LogP contribution in [0.15, 0.2) is 0 Å². The lowest BCUT2D eigenvalue weighted by Gasteiger charge is -2.18. The van der Waals surface area contributed by atoms with Gasteiger partial charge in [-0.3, -0.25) is 19.3 Å². The topological polar surface area (TPSA) is 54.5 Å². The number of rotatable bonds is 5. The Morgan fingerprint density at radius 2 is 1.19 bits per heavy atom. The average Bonchev–Trinajstić information content (AvgIpc) is 2.35. The Morgan fingerprint density at radius 1 is 0.812 bits per heavy atom. The van der Waals surface area contributed by atoms with Gasteiger partial charge >= 0.3 is 0 Å². The van der Waals surface area contributed by atoms with Crippen molar-refractivity contribution in [1.82, 2.24) is 4.90 Å². The molecule has 0 radical (unpaired) electrons. The first-order chi connectivity index (χ1) is 7.56. The highest BCUT2D eigenvalue weighted by Gasteiger charge is 2.20. The predicted molar refractivity (Wildman–Crippen MR) is 63.9 cm³/mol. The van der Waals surface area contributed by atoms with Crippen LogP contribution in [-0.4, -0.2) is 29.0 Å². The first kappa shape index (κ1) is 17.2. The lowest BCUT2D eigenvalue weighted by atomic mass is 10.2. The summed E-state index contributed by atoms with van der Waals surface area (Å²) in [4.78, 5) is 34.8. The number of nitrogens with zero attached hydrogens (tertiary/aromatic N) is 1. The second kappa shape index (κ2) is 10.3. The van der Waals surface area contributed by atoms with Gasteiger partial charge in [-0.1, -0.05) is 34.6 Å². The van der Waals surface area contributed by atoms with Crippen molar-refractivity contribution in [2.24, 2.45) is 0 Å². The van der Waals surface area contributed by atoms with Gasteiger partial charge in [-0.15, -0.1) is 0 Å². The Labute approximate surface area is 98.0 Å². The van der Waals surface area contributed by atoms with Crippen molar-refractivity contribution in [3.05, 3.63) is 0 Å². The summed E-state index contributed by atoms with van der Waals surface area (Å²) >= 11 is 0. The summed E-state index contributed by atoms with van der Waals surface area (Å²) in [5.74, 6) is -0.647. The zero-order chi connectivity index (χ0) is 13.1. The normalized spacial score (nSPS) is 8.81. The van der Waals surface area contributed by atoms with Gasteiger partial charge in [0.1, 0.15) is 0 Å². The number of carbonyl (C=O) groups is 3. The van der Waals surface area contributed by atoms with Crippen LogP contribution in [0, 0.1) is 0 Å². The predicted octanol–water partition coefficient (Wildman–Crippen LogP) is 2.17. The molecular formula is C12H23NO3. The van der Waals surface area contributed by atoms with Gasteiger partial charge in [0.25, 0.3) is 0 Å². The van der Waals surface area contributed by atoms with E-state index in [1.165, 1.54) is 0 Å². The Morgan fingerprint density at radius 3 is 1.44 bits per heavy atom. The monoisotopic (exact) mass is 229 g/mol. The van der Waals surface area contributed by atoms with Crippen molar-refractivity contribution in [2.75, 3.05) is 6.54 Å². The maximum Gasteiger partial charge on any atom is 0.229 e. The van der Waals surface area contributed by atoms with Crippen LogP contribution < -0.4 is 0 Å². The van der Waals surface area contributed by atoms with Crippen LogP contribution in [0.5, 0.6) is 0 Å². The van der Waals surface area contributed by atoms with Gasteiger partial charge in [0, 0.05) is 19.3 Å². The number of hydrogen-bond donors (Lipinski definition) is 0. The van der Waals surface area contributed by atoms with Crippen LogP contribution in [0.3, 0.4) is 0 Å². The fraction of sp³-hybridized carbons (Fsp3) is 0.750. The van der Waals surface area contributed by atoms with Crippen molar-refractivity contribution in [1.29, 1.82) is 0 Å². The number of carbonyl (C=O) groups excluding carboxylic acids is 3. The zero-order valence-corrected chi connectivity index (χ0v) is 11.0. The molecule has 0 bridgehead atoms. The second-order valence-electron chi connectivity index (χ2n) is 2.97. The Bertz CT molecular complexity index is 220. The van der Waals surface area contributed by atoms with Crippen LogP contribution >= 0.6 is 0 Å². The number of imide groups is 1. The van der Waals surface area contributed by atoms with E-state index in [-0.39, 0.29) is 37.0 Å². The third-order valence-electron chi connectivity index (χ3n) is 1.94. The molecule has 0 heterocycles. The first-order valence-corrected chi connectivity index (χ1v) is 5.91. The van der Waals surface area contributed by atoms with Gasteiger partial charge in [-0.2, -0.15) is 0 Å². The molecule has 0 aromatic rings. The molecule has 0 saturated heterocycles. The fourth-order valence-corrected chi connectivity index (χ4v) is 0.985. The molecule has 0 atom stereocenters. The van der Waals surface area contributed by atoms with Gasteiger partial charge in [-0.25, -0.2) is 0 Å². The third-order valence-corrected chi connectivity index (χ3v) is 1.94. The second-order valence-corrected chi connectivity index (χ2v) is 2.97.